The minimum atomic E-state index is 0.703. The molecule has 2 aromatic rings. The lowest BCUT2D eigenvalue weighted by Crippen LogP contribution is -2.20. The first-order valence-electron chi connectivity index (χ1n) is 6.45. The highest BCUT2D eigenvalue weighted by molar-refractivity contribution is 5.97. The van der Waals surface area contributed by atoms with Gasteiger partial charge in [-0.15, -0.1) is 0 Å². The molecule has 3 rings (SSSR count). The van der Waals surface area contributed by atoms with Crippen molar-refractivity contribution in [3.8, 4) is 11.5 Å². The van der Waals surface area contributed by atoms with Crippen LogP contribution in [0.2, 0.25) is 0 Å². The van der Waals surface area contributed by atoms with E-state index in [1.165, 1.54) is 5.56 Å². The van der Waals surface area contributed by atoms with Crippen LogP contribution in [0, 0.1) is 0 Å². The first-order valence-corrected chi connectivity index (χ1v) is 6.45. The highest BCUT2D eigenvalue weighted by atomic mass is 16.5. The van der Waals surface area contributed by atoms with Crippen molar-refractivity contribution >= 4 is 11.5 Å². The fourth-order valence-corrected chi connectivity index (χ4v) is 2.53. The highest BCUT2D eigenvalue weighted by Gasteiger charge is 2.26. The summed E-state index contributed by atoms with van der Waals surface area (Å²) in [4.78, 5) is 0. The van der Waals surface area contributed by atoms with Crippen LogP contribution in [0.25, 0.3) is 0 Å². The van der Waals surface area contributed by atoms with Crippen LogP contribution in [0.4, 0.5) is 5.69 Å². The SMILES string of the molecule is COc1ccc([N+]2=C(N)c3ccccc3C2)cc1OC. The molecule has 4 heteroatoms. The smallest absolute Gasteiger partial charge is 0.280 e. The van der Waals surface area contributed by atoms with Crippen molar-refractivity contribution < 1.29 is 14.0 Å². The maximum absolute atomic E-state index is 6.26. The number of ether oxygens (including phenoxy) is 2. The second kappa shape index (κ2) is 4.89. The minimum Gasteiger partial charge on any atom is -0.493 e. The van der Waals surface area contributed by atoms with E-state index in [1.54, 1.807) is 14.2 Å². The van der Waals surface area contributed by atoms with E-state index in [1.807, 2.05) is 36.4 Å². The molecule has 1 aliphatic rings. The molecule has 0 radical (unpaired) electrons. The molecule has 0 fully saturated rings. The van der Waals surface area contributed by atoms with Gasteiger partial charge < -0.3 is 9.47 Å². The number of nitrogens with zero attached hydrogens (tertiary/aromatic N) is 1. The number of amidine groups is 1. The van der Waals surface area contributed by atoms with E-state index in [0.717, 1.165) is 23.6 Å². The van der Waals surface area contributed by atoms with Crippen LogP contribution in [0.5, 0.6) is 11.5 Å². The van der Waals surface area contributed by atoms with E-state index in [4.69, 9.17) is 15.2 Å². The molecule has 102 valence electrons. The Morgan fingerprint density at radius 3 is 2.45 bits per heavy atom. The zero-order valence-corrected chi connectivity index (χ0v) is 11.6. The van der Waals surface area contributed by atoms with Crippen molar-refractivity contribution in [3.05, 3.63) is 53.6 Å². The Balaban J connectivity index is 2.05. The first-order chi connectivity index (χ1) is 9.74. The Kier molecular flexibility index (Phi) is 3.06. The molecular formula is C16H17N2O2+. The van der Waals surface area contributed by atoms with Crippen molar-refractivity contribution in [1.82, 2.24) is 0 Å². The van der Waals surface area contributed by atoms with Crippen LogP contribution in [0.15, 0.2) is 42.5 Å². The molecule has 0 amide bonds. The van der Waals surface area contributed by atoms with Crippen LogP contribution >= 0.6 is 0 Å². The number of rotatable bonds is 3. The molecule has 0 saturated carbocycles. The second-order valence-corrected chi connectivity index (χ2v) is 4.67. The summed E-state index contributed by atoms with van der Waals surface area (Å²) in [5.41, 5.74) is 9.59. The molecule has 4 nitrogen and oxygen atoms in total. The number of benzene rings is 2. The van der Waals surface area contributed by atoms with Crippen LogP contribution in [-0.4, -0.2) is 24.6 Å². The Labute approximate surface area is 118 Å². The minimum absolute atomic E-state index is 0.703. The zero-order valence-electron chi connectivity index (χ0n) is 11.6. The molecular weight excluding hydrogens is 252 g/mol. The maximum atomic E-state index is 6.26. The summed E-state index contributed by atoms with van der Waals surface area (Å²) in [6.07, 6.45) is 0. The Hall–Kier alpha value is -2.49. The van der Waals surface area contributed by atoms with Gasteiger partial charge in [0.05, 0.1) is 19.8 Å². The lowest BCUT2D eigenvalue weighted by molar-refractivity contribution is -0.453. The van der Waals surface area contributed by atoms with Crippen LogP contribution in [-0.2, 0) is 6.54 Å². The van der Waals surface area contributed by atoms with E-state index in [9.17, 15) is 0 Å². The molecule has 20 heavy (non-hydrogen) atoms. The molecule has 0 saturated heterocycles. The van der Waals surface area contributed by atoms with Gasteiger partial charge in [-0.2, -0.15) is 0 Å². The molecule has 0 bridgehead atoms. The summed E-state index contributed by atoms with van der Waals surface area (Å²) in [5.74, 6) is 2.19. The van der Waals surface area contributed by atoms with E-state index in [-0.39, 0.29) is 0 Å². The largest absolute Gasteiger partial charge is 0.493 e. The van der Waals surface area contributed by atoms with Gasteiger partial charge in [0.25, 0.3) is 5.84 Å². The summed E-state index contributed by atoms with van der Waals surface area (Å²) in [5, 5.41) is 0. The van der Waals surface area contributed by atoms with Crippen LogP contribution < -0.4 is 15.2 Å². The number of hydrogen-bond donors (Lipinski definition) is 1. The molecule has 1 aliphatic heterocycles. The lowest BCUT2D eigenvalue weighted by atomic mass is 10.1. The molecule has 0 aliphatic carbocycles. The number of methoxy groups -OCH3 is 2. The van der Waals surface area contributed by atoms with Gasteiger partial charge in [-0.1, -0.05) is 18.2 Å². The molecule has 0 aromatic heterocycles. The van der Waals surface area contributed by atoms with Gasteiger partial charge in [0.15, 0.2) is 11.5 Å². The van der Waals surface area contributed by atoms with Crippen molar-refractivity contribution in [3.63, 3.8) is 0 Å². The summed E-state index contributed by atoms with van der Waals surface area (Å²) < 4.78 is 12.7. The molecule has 1 heterocycles. The Morgan fingerprint density at radius 2 is 1.75 bits per heavy atom. The highest BCUT2D eigenvalue weighted by Crippen LogP contribution is 2.33. The Morgan fingerprint density at radius 1 is 1.00 bits per heavy atom. The average molecular weight is 269 g/mol. The standard InChI is InChI=1S/C16H16N2O2/c1-19-14-8-7-12(9-15(14)20-2)18-10-11-5-3-4-6-13(11)16(18)17/h3-9,17H,10H2,1-2H3/p+1. The quantitative estimate of drug-likeness (QED) is 0.869. The van der Waals surface area contributed by atoms with Gasteiger partial charge in [0.1, 0.15) is 12.2 Å². The van der Waals surface area contributed by atoms with Crippen LogP contribution in [0.1, 0.15) is 11.1 Å². The third-order valence-corrected chi connectivity index (χ3v) is 3.59. The number of fused-ring (bicyclic) bond motifs is 1. The maximum Gasteiger partial charge on any atom is 0.280 e. The molecule has 0 atom stereocenters. The molecule has 2 N–H and O–H groups in total. The fourth-order valence-electron chi connectivity index (χ4n) is 2.53. The summed E-state index contributed by atoms with van der Waals surface area (Å²) in [7, 11) is 3.26. The van der Waals surface area contributed by atoms with Crippen molar-refractivity contribution in [2.75, 3.05) is 14.2 Å². The summed E-state index contributed by atoms with van der Waals surface area (Å²) in [6.45, 7) is 0.775. The van der Waals surface area contributed by atoms with Gasteiger partial charge in [0, 0.05) is 11.6 Å². The predicted molar refractivity (Wildman–Crippen MR) is 77.9 cm³/mol. The number of hydrogen-bond acceptors (Lipinski definition) is 3. The topological polar surface area (TPSA) is 47.5 Å². The van der Waals surface area contributed by atoms with Crippen molar-refractivity contribution in [2.45, 2.75) is 6.54 Å². The van der Waals surface area contributed by atoms with Gasteiger partial charge in [-0.05, 0) is 18.2 Å². The van der Waals surface area contributed by atoms with E-state index >= 15 is 0 Å². The third kappa shape index (κ3) is 1.90. The first kappa shape index (κ1) is 12.5. The zero-order chi connectivity index (χ0) is 14.1. The van der Waals surface area contributed by atoms with Crippen LogP contribution in [0.3, 0.4) is 0 Å². The van der Waals surface area contributed by atoms with Crippen molar-refractivity contribution in [2.24, 2.45) is 5.73 Å². The van der Waals surface area contributed by atoms with Gasteiger partial charge in [0.2, 0.25) is 0 Å². The van der Waals surface area contributed by atoms with E-state index < -0.39 is 0 Å². The molecule has 0 spiro atoms. The van der Waals surface area contributed by atoms with E-state index in [0.29, 0.717) is 11.5 Å². The lowest BCUT2D eigenvalue weighted by Gasteiger charge is -2.09. The number of nitrogens with two attached hydrogens (primary N) is 1. The van der Waals surface area contributed by atoms with Gasteiger partial charge >= 0.3 is 0 Å². The van der Waals surface area contributed by atoms with E-state index in [2.05, 4.69) is 10.6 Å². The van der Waals surface area contributed by atoms with Crippen molar-refractivity contribution in [1.29, 1.82) is 0 Å². The third-order valence-electron chi connectivity index (χ3n) is 3.59. The monoisotopic (exact) mass is 269 g/mol. The van der Waals surface area contributed by atoms with Gasteiger partial charge in [-0.3, -0.25) is 5.73 Å². The predicted octanol–water partition coefficient (Wildman–Crippen LogP) is 2.27. The Bertz CT molecular complexity index is 693. The molecule has 2 aromatic carbocycles. The summed E-state index contributed by atoms with van der Waals surface area (Å²) in [6, 6.07) is 14.0. The molecule has 0 unspecified atom stereocenters. The summed E-state index contributed by atoms with van der Waals surface area (Å²) >= 11 is 0. The fraction of sp³-hybridized carbons (Fsp3) is 0.188. The normalized spacial score (nSPS) is 13.3. The second-order valence-electron chi connectivity index (χ2n) is 4.67. The average Bonchev–Trinajstić information content (AvgIpc) is 2.84. The van der Waals surface area contributed by atoms with Gasteiger partial charge in [-0.25, -0.2) is 4.58 Å².